The molecule has 4 aromatic rings. The smallest absolute Gasteiger partial charge is 0.254 e. The number of piperazine rings is 1. The lowest BCUT2D eigenvalue weighted by Gasteiger charge is -2.34. The van der Waals surface area contributed by atoms with E-state index in [9.17, 15) is 4.79 Å². The molecular formula is C25H23N3OS. The Morgan fingerprint density at radius 1 is 0.867 bits per heavy atom. The predicted molar refractivity (Wildman–Crippen MR) is 123 cm³/mol. The number of nitrogens with zero attached hydrogens (tertiary/aromatic N) is 3. The first kappa shape index (κ1) is 19.0. The van der Waals surface area contributed by atoms with E-state index >= 15 is 0 Å². The average Bonchev–Trinajstić information content (AvgIpc) is 3.28. The van der Waals surface area contributed by atoms with Crippen LogP contribution in [-0.2, 0) is 6.54 Å². The molecule has 1 aliphatic heterocycles. The quantitative estimate of drug-likeness (QED) is 0.476. The van der Waals surface area contributed by atoms with Gasteiger partial charge in [-0.05, 0) is 16.8 Å². The Kier molecular flexibility index (Phi) is 5.30. The first-order valence-electron chi connectivity index (χ1n) is 10.3. The zero-order valence-corrected chi connectivity index (χ0v) is 17.5. The highest BCUT2D eigenvalue weighted by Crippen LogP contribution is 2.24. The monoisotopic (exact) mass is 413 g/mol. The summed E-state index contributed by atoms with van der Waals surface area (Å²) in [5.74, 6) is 0.131. The molecule has 1 aromatic heterocycles. The number of thiazole rings is 1. The van der Waals surface area contributed by atoms with Gasteiger partial charge in [0.15, 0.2) is 0 Å². The van der Waals surface area contributed by atoms with E-state index in [4.69, 9.17) is 4.98 Å². The molecule has 0 unspecified atom stereocenters. The third kappa shape index (κ3) is 3.86. The summed E-state index contributed by atoms with van der Waals surface area (Å²) in [6, 6.07) is 24.4. The number of fused-ring (bicyclic) bond motifs is 1. The van der Waals surface area contributed by atoms with Gasteiger partial charge in [0.2, 0.25) is 0 Å². The van der Waals surface area contributed by atoms with Crippen molar-refractivity contribution in [3.8, 4) is 10.6 Å². The van der Waals surface area contributed by atoms with E-state index in [0.29, 0.717) is 0 Å². The van der Waals surface area contributed by atoms with E-state index in [1.54, 1.807) is 11.3 Å². The number of hydrogen-bond donors (Lipinski definition) is 0. The Labute approximate surface area is 180 Å². The number of hydrogen-bond acceptors (Lipinski definition) is 4. The van der Waals surface area contributed by atoms with Crippen LogP contribution in [0.5, 0.6) is 0 Å². The molecule has 0 atom stereocenters. The van der Waals surface area contributed by atoms with Gasteiger partial charge in [0.05, 0.1) is 5.69 Å². The molecule has 2 heterocycles. The standard InChI is InChI=1S/C25H23N3OS/c29-25(23-12-6-10-19-7-4-5-11-22(19)23)28-15-13-27(14-16-28)17-21-18-30-24(26-21)20-8-2-1-3-9-20/h1-12,18H,13-17H2. The Balaban J connectivity index is 1.22. The van der Waals surface area contributed by atoms with Crippen LogP contribution in [0.3, 0.4) is 0 Å². The molecule has 0 aliphatic carbocycles. The van der Waals surface area contributed by atoms with Crippen LogP contribution in [0.15, 0.2) is 78.2 Å². The lowest BCUT2D eigenvalue weighted by Crippen LogP contribution is -2.48. The summed E-state index contributed by atoms with van der Waals surface area (Å²) < 4.78 is 0. The molecule has 1 saturated heterocycles. The minimum Gasteiger partial charge on any atom is -0.336 e. The minimum absolute atomic E-state index is 0.131. The second-order valence-corrected chi connectivity index (χ2v) is 8.46. The first-order valence-corrected chi connectivity index (χ1v) is 11.1. The maximum absolute atomic E-state index is 13.1. The van der Waals surface area contributed by atoms with Crippen LogP contribution in [0.1, 0.15) is 16.1 Å². The molecule has 1 aliphatic rings. The summed E-state index contributed by atoms with van der Waals surface area (Å²) in [6.07, 6.45) is 0. The number of benzene rings is 3. The molecule has 3 aromatic carbocycles. The molecule has 5 rings (SSSR count). The average molecular weight is 414 g/mol. The molecule has 0 N–H and O–H groups in total. The van der Waals surface area contributed by atoms with E-state index in [-0.39, 0.29) is 5.91 Å². The summed E-state index contributed by atoms with van der Waals surface area (Å²) in [4.78, 5) is 22.3. The fourth-order valence-electron chi connectivity index (χ4n) is 4.01. The lowest BCUT2D eigenvalue weighted by molar-refractivity contribution is 0.0629. The highest BCUT2D eigenvalue weighted by atomic mass is 32.1. The fourth-order valence-corrected chi connectivity index (χ4v) is 4.83. The summed E-state index contributed by atoms with van der Waals surface area (Å²) in [6.45, 7) is 4.07. The van der Waals surface area contributed by atoms with Crippen LogP contribution in [0.25, 0.3) is 21.3 Å². The Morgan fingerprint density at radius 3 is 2.43 bits per heavy atom. The summed E-state index contributed by atoms with van der Waals surface area (Å²) in [7, 11) is 0. The lowest BCUT2D eigenvalue weighted by atomic mass is 10.0. The van der Waals surface area contributed by atoms with E-state index < -0.39 is 0 Å². The first-order chi connectivity index (χ1) is 14.8. The van der Waals surface area contributed by atoms with E-state index in [1.807, 2.05) is 53.4 Å². The predicted octanol–water partition coefficient (Wildman–Crippen LogP) is 4.92. The molecular weight excluding hydrogens is 390 g/mol. The molecule has 5 heteroatoms. The van der Waals surface area contributed by atoms with Crippen LogP contribution < -0.4 is 0 Å². The van der Waals surface area contributed by atoms with Crippen LogP contribution in [-0.4, -0.2) is 46.9 Å². The Morgan fingerprint density at radius 2 is 1.60 bits per heavy atom. The fraction of sp³-hybridized carbons (Fsp3) is 0.200. The summed E-state index contributed by atoms with van der Waals surface area (Å²) in [5, 5.41) is 5.36. The van der Waals surface area contributed by atoms with Crippen LogP contribution in [0.4, 0.5) is 0 Å². The van der Waals surface area contributed by atoms with Gasteiger partial charge < -0.3 is 4.90 Å². The van der Waals surface area contributed by atoms with Crippen molar-refractivity contribution in [2.45, 2.75) is 6.54 Å². The highest BCUT2D eigenvalue weighted by Gasteiger charge is 2.23. The molecule has 30 heavy (non-hydrogen) atoms. The largest absolute Gasteiger partial charge is 0.336 e. The van der Waals surface area contributed by atoms with Gasteiger partial charge in [-0.25, -0.2) is 4.98 Å². The molecule has 1 fully saturated rings. The molecule has 150 valence electrons. The third-order valence-corrected chi connectivity index (χ3v) is 6.58. The van der Waals surface area contributed by atoms with Gasteiger partial charge in [0.1, 0.15) is 5.01 Å². The SMILES string of the molecule is O=C(c1cccc2ccccc12)N1CCN(Cc2csc(-c3ccccc3)n2)CC1. The van der Waals surface area contributed by atoms with Gasteiger partial charge in [-0.2, -0.15) is 0 Å². The minimum atomic E-state index is 0.131. The van der Waals surface area contributed by atoms with E-state index in [0.717, 1.165) is 59.8 Å². The number of carbonyl (C=O) groups is 1. The Hall–Kier alpha value is -3.02. The van der Waals surface area contributed by atoms with Gasteiger partial charge in [-0.15, -0.1) is 11.3 Å². The van der Waals surface area contributed by atoms with Crippen LogP contribution in [0.2, 0.25) is 0 Å². The molecule has 0 spiro atoms. The maximum atomic E-state index is 13.1. The zero-order valence-electron chi connectivity index (χ0n) is 16.7. The van der Waals surface area contributed by atoms with Gasteiger partial charge in [0.25, 0.3) is 5.91 Å². The van der Waals surface area contributed by atoms with Crippen molar-refractivity contribution < 1.29 is 4.79 Å². The normalized spacial score (nSPS) is 14.9. The van der Waals surface area contributed by atoms with Crippen molar-refractivity contribution in [3.63, 3.8) is 0 Å². The second kappa shape index (κ2) is 8.38. The van der Waals surface area contributed by atoms with Gasteiger partial charge in [-0.3, -0.25) is 9.69 Å². The van der Waals surface area contributed by atoms with Crippen molar-refractivity contribution in [2.24, 2.45) is 0 Å². The van der Waals surface area contributed by atoms with Crippen LogP contribution in [0, 0.1) is 0 Å². The summed E-state index contributed by atoms with van der Waals surface area (Å²) in [5.41, 5.74) is 3.07. The van der Waals surface area contributed by atoms with Crippen LogP contribution >= 0.6 is 11.3 Å². The number of rotatable bonds is 4. The maximum Gasteiger partial charge on any atom is 0.254 e. The van der Waals surface area contributed by atoms with Gasteiger partial charge >= 0.3 is 0 Å². The Bertz CT molecular complexity index is 1160. The number of carbonyl (C=O) groups excluding carboxylic acids is 1. The van der Waals surface area contributed by atoms with Gasteiger partial charge in [-0.1, -0.05) is 66.7 Å². The topological polar surface area (TPSA) is 36.4 Å². The molecule has 1 amide bonds. The van der Waals surface area contributed by atoms with E-state index in [1.165, 1.54) is 5.56 Å². The molecule has 4 nitrogen and oxygen atoms in total. The molecule has 0 saturated carbocycles. The van der Waals surface area contributed by atoms with Crippen molar-refractivity contribution in [1.82, 2.24) is 14.8 Å². The van der Waals surface area contributed by atoms with Crippen molar-refractivity contribution >= 4 is 28.0 Å². The summed E-state index contributed by atoms with van der Waals surface area (Å²) >= 11 is 1.69. The van der Waals surface area contributed by atoms with Gasteiger partial charge in [0, 0.05) is 49.2 Å². The van der Waals surface area contributed by atoms with Crippen molar-refractivity contribution in [1.29, 1.82) is 0 Å². The highest BCUT2D eigenvalue weighted by molar-refractivity contribution is 7.13. The third-order valence-electron chi connectivity index (χ3n) is 5.64. The van der Waals surface area contributed by atoms with Crippen molar-refractivity contribution in [2.75, 3.05) is 26.2 Å². The van der Waals surface area contributed by atoms with E-state index in [2.05, 4.69) is 34.5 Å². The molecule has 0 bridgehead atoms. The molecule has 0 radical (unpaired) electrons. The number of amides is 1. The second-order valence-electron chi connectivity index (χ2n) is 7.61. The van der Waals surface area contributed by atoms with Crippen molar-refractivity contribution in [3.05, 3.63) is 89.4 Å². The zero-order chi connectivity index (χ0) is 20.3. The number of aromatic nitrogens is 1.